The second-order valence-electron chi connectivity index (χ2n) is 4.64. The maximum Gasteiger partial charge on any atom is 0.137 e. The molecule has 0 radical (unpaired) electrons. The quantitative estimate of drug-likeness (QED) is 0.761. The number of pyridine rings is 1. The average Bonchev–Trinajstić information content (AvgIpc) is 3.09. The van der Waals surface area contributed by atoms with Crippen molar-refractivity contribution in [2.75, 3.05) is 5.32 Å². The van der Waals surface area contributed by atoms with Gasteiger partial charge in [-0.05, 0) is 26.0 Å². The lowest BCUT2D eigenvalue weighted by atomic mass is 10.2. The fourth-order valence-electron chi connectivity index (χ4n) is 2.06. The van der Waals surface area contributed by atoms with Gasteiger partial charge in [0.05, 0.1) is 17.6 Å². The molecule has 102 valence electrons. The number of aromatic nitrogens is 5. The lowest BCUT2D eigenvalue weighted by Crippen LogP contribution is -2.02. The maximum absolute atomic E-state index is 4.40. The van der Waals surface area contributed by atoms with Crippen molar-refractivity contribution in [2.45, 2.75) is 20.4 Å². The highest BCUT2D eigenvalue weighted by atomic mass is 15.1. The number of aromatic amines is 1. The molecule has 0 aliphatic heterocycles. The third-order valence-electron chi connectivity index (χ3n) is 3.27. The number of nitrogens with one attached hydrogen (secondary N) is 2. The second-order valence-corrected chi connectivity index (χ2v) is 4.64. The third kappa shape index (κ3) is 2.40. The fourth-order valence-corrected chi connectivity index (χ4v) is 2.06. The third-order valence-corrected chi connectivity index (χ3v) is 3.27. The Morgan fingerprint density at radius 1 is 1.30 bits per heavy atom. The molecule has 0 aliphatic carbocycles. The summed E-state index contributed by atoms with van der Waals surface area (Å²) in [6.07, 6.45) is 7.15. The molecule has 0 saturated carbocycles. The number of aryl methyl sites for hydroxylation is 2. The van der Waals surface area contributed by atoms with Crippen LogP contribution in [0.1, 0.15) is 17.0 Å². The van der Waals surface area contributed by atoms with Crippen LogP contribution in [0.25, 0.3) is 5.82 Å². The molecule has 3 heterocycles. The van der Waals surface area contributed by atoms with Crippen molar-refractivity contribution in [3.8, 4) is 5.82 Å². The maximum atomic E-state index is 4.40. The summed E-state index contributed by atoms with van der Waals surface area (Å²) >= 11 is 0. The first kappa shape index (κ1) is 12.4. The van der Waals surface area contributed by atoms with Gasteiger partial charge in [-0.25, -0.2) is 9.97 Å². The summed E-state index contributed by atoms with van der Waals surface area (Å²) in [5.74, 6) is 0.851. The summed E-state index contributed by atoms with van der Waals surface area (Å²) < 4.78 is 1.87. The van der Waals surface area contributed by atoms with Crippen LogP contribution in [0.3, 0.4) is 0 Å². The molecule has 3 rings (SSSR count). The van der Waals surface area contributed by atoms with Crippen molar-refractivity contribution in [2.24, 2.45) is 0 Å². The molecule has 0 fully saturated rings. The monoisotopic (exact) mass is 268 g/mol. The minimum Gasteiger partial charge on any atom is -0.380 e. The van der Waals surface area contributed by atoms with E-state index in [-0.39, 0.29) is 0 Å². The predicted molar refractivity (Wildman–Crippen MR) is 76.7 cm³/mol. The van der Waals surface area contributed by atoms with Crippen LogP contribution >= 0.6 is 0 Å². The van der Waals surface area contributed by atoms with Gasteiger partial charge in [0.1, 0.15) is 12.1 Å². The Morgan fingerprint density at radius 2 is 2.20 bits per heavy atom. The van der Waals surface area contributed by atoms with E-state index in [0.29, 0.717) is 0 Å². The van der Waals surface area contributed by atoms with E-state index in [1.165, 1.54) is 5.56 Å². The largest absolute Gasteiger partial charge is 0.380 e. The van der Waals surface area contributed by atoms with E-state index >= 15 is 0 Å². The van der Waals surface area contributed by atoms with Crippen LogP contribution in [0.4, 0.5) is 5.69 Å². The summed E-state index contributed by atoms with van der Waals surface area (Å²) in [5, 5.41) is 10.5. The molecule has 0 saturated heterocycles. The first-order valence-electron chi connectivity index (χ1n) is 6.43. The summed E-state index contributed by atoms with van der Waals surface area (Å²) in [5.41, 5.74) is 4.30. The van der Waals surface area contributed by atoms with Gasteiger partial charge < -0.3 is 5.32 Å². The standard InChI is InChI=1S/C14H16N6/c1-10-13(11(2)19-18-10)8-16-12-3-4-14(17-7-12)20-6-5-15-9-20/h3-7,9,16H,8H2,1-2H3,(H,18,19). The molecule has 0 atom stereocenters. The van der Waals surface area contributed by atoms with E-state index in [4.69, 9.17) is 0 Å². The van der Waals surface area contributed by atoms with Crippen LogP contribution in [-0.2, 0) is 6.54 Å². The molecule has 0 spiro atoms. The van der Waals surface area contributed by atoms with Gasteiger partial charge in [-0.1, -0.05) is 0 Å². The first-order chi connectivity index (χ1) is 9.74. The van der Waals surface area contributed by atoms with Gasteiger partial charge in [0.15, 0.2) is 0 Å². The zero-order valence-electron chi connectivity index (χ0n) is 11.5. The summed E-state index contributed by atoms with van der Waals surface area (Å²) in [6.45, 7) is 4.76. The topological polar surface area (TPSA) is 71.4 Å². The van der Waals surface area contributed by atoms with Gasteiger partial charge in [-0.3, -0.25) is 9.67 Å². The van der Waals surface area contributed by atoms with Crippen molar-refractivity contribution < 1.29 is 0 Å². The van der Waals surface area contributed by atoms with E-state index in [1.54, 1.807) is 12.5 Å². The lowest BCUT2D eigenvalue weighted by Gasteiger charge is -2.07. The van der Waals surface area contributed by atoms with Gasteiger partial charge >= 0.3 is 0 Å². The van der Waals surface area contributed by atoms with Gasteiger partial charge in [0.25, 0.3) is 0 Å². The molecule has 0 aliphatic rings. The number of nitrogens with zero attached hydrogens (tertiary/aromatic N) is 4. The first-order valence-corrected chi connectivity index (χ1v) is 6.43. The van der Waals surface area contributed by atoms with E-state index in [1.807, 2.05) is 42.9 Å². The number of H-pyrrole nitrogens is 1. The predicted octanol–water partition coefficient (Wildman–Crippen LogP) is 2.22. The number of hydrogen-bond donors (Lipinski definition) is 2. The van der Waals surface area contributed by atoms with Gasteiger partial charge in [-0.15, -0.1) is 0 Å². The number of rotatable bonds is 4. The average molecular weight is 268 g/mol. The zero-order chi connectivity index (χ0) is 13.9. The second kappa shape index (κ2) is 5.16. The molecule has 0 bridgehead atoms. The van der Waals surface area contributed by atoms with Crippen LogP contribution in [0.5, 0.6) is 0 Å². The molecule has 0 amide bonds. The molecule has 6 heteroatoms. The molecule has 0 aromatic carbocycles. The van der Waals surface area contributed by atoms with Crippen LogP contribution in [0, 0.1) is 13.8 Å². The molecule has 2 N–H and O–H groups in total. The Kier molecular flexibility index (Phi) is 3.20. The Labute approximate surface area is 116 Å². The Morgan fingerprint density at radius 3 is 2.80 bits per heavy atom. The van der Waals surface area contributed by atoms with Gasteiger partial charge in [0, 0.05) is 30.2 Å². The Bertz CT molecular complexity index is 662. The summed E-state index contributed by atoms with van der Waals surface area (Å²) in [7, 11) is 0. The molecule has 3 aromatic heterocycles. The van der Waals surface area contributed by atoms with Crippen molar-refractivity contribution in [1.82, 2.24) is 24.7 Å². The van der Waals surface area contributed by atoms with Gasteiger partial charge in [0.2, 0.25) is 0 Å². The van der Waals surface area contributed by atoms with E-state index in [0.717, 1.165) is 29.4 Å². The highest BCUT2D eigenvalue weighted by molar-refractivity contribution is 5.44. The zero-order valence-corrected chi connectivity index (χ0v) is 11.5. The minimum atomic E-state index is 0.736. The van der Waals surface area contributed by atoms with Crippen LogP contribution in [-0.4, -0.2) is 24.7 Å². The number of imidazole rings is 1. The van der Waals surface area contributed by atoms with Crippen molar-refractivity contribution >= 4 is 5.69 Å². The molecular formula is C14H16N6. The smallest absolute Gasteiger partial charge is 0.137 e. The van der Waals surface area contributed by atoms with Crippen LogP contribution < -0.4 is 5.32 Å². The molecule has 0 unspecified atom stereocenters. The molecule has 3 aromatic rings. The summed E-state index contributed by atoms with van der Waals surface area (Å²) in [4.78, 5) is 8.41. The van der Waals surface area contributed by atoms with E-state index in [2.05, 4.69) is 25.5 Å². The molecule has 6 nitrogen and oxygen atoms in total. The van der Waals surface area contributed by atoms with Crippen molar-refractivity contribution in [3.63, 3.8) is 0 Å². The molecular weight excluding hydrogens is 252 g/mol. The van der Waals surface area contributed by atoms with Crippen LogP contribution in [0.15, 0.2) is 37.1 Å². The Balaban J connectivity index is 1.70. The summed E-state index contributed by atoms with van der Waals surface area (Å²) in [6, 6.07) is 3.96. The Hall–Kier alpha value is -2.63. The highest BCUT2D eigenvalue weighted by Gasteiger charge is 2.05. The number of anilines is 1. The lowest BCUT2D eigenvalue weighted by molar-refractivity contribution is 0.989. The van der Waals surface area contributed by atoms with Crippen molar-refractivity contribution in [1.29, 1.82) is 0 Å². The SMILES string of the molecule is Cc1n[nH]c(C)c1CNc1ccc(-n2ccnc2)nc1. The highest BCUT2D eigenvalue weighted by Crippen LogP contribution is 2.14. The molecule has 20 heavy (non-hydrogen) atoms. The van der Waals surface area contributed by atoms with Gasteiger partial charge in [-0.2, -0.15) is 5.10 Å². The van der Waals surface area contributed by atoms with Crippen LogP contribution in [0.2, 0.25) is 0 Å². The fraction of sp³-hybridized carbons (Fsp3) is 0.214. The minimum absolute atomic E-state index is 0.736. The van der Waals surface area contributed by atoms with Crippen molar-refractivity contribution in [3.05, 3.63) is 54.0 Å². The van der Waals surface area contributed by atoms with E-state index < -0.39 is 0 Å². The number of hydrogen-bond acceptors (Lipinski definition) is 4. The van der Waals surface area contributed by atoms with E-state index in [9.17, 15) is 0 Å². The normalized spacial score (nSPS) is 10.7.